The summed E-state index contributed by atoms with van der Waals surface area (Å²) in [5, 5.41) is 0. The van der Waals surface area contributed by atoms with Gasteiger partial charge in [0.2, 0.25) is 0 Å². The van der Waals surface area contributed by atoms with E-state index in [0.717, 1.165) is 96.3 Å². The summed E-state index contributed by atoms with van der Waals surface area (Å²) < 4.78 is 16.8. The van der Waals surface area contributed by atoms with E-state index in [1.54, 1.807) is 0 Å². The van der Waals surface area contributed by atoms with Crippen molar-refractivity contribution in [3.05, 3.63) is 60.8 Å². The normalized spacial score (nSPS) is 12.4. The maximum absolute atomic E-state index is 12.9. The molecule has 6 heteroatoms. The molecule has 1 atom stereocenters. The van der Waals surface area contributed by atoms with Crippen LogP contribution in [-0.4, -0.2) is 37.2 Å². The first-order valence-corrected chi connectivity index (χ1v) is 34.3. The van der Waals surface area contributed by atoms with Crippen molar-refractivity contribution in [2.24, 2.45) is 0 Å². The number of rotatable bonds is 63. The third-order valence-corrected chi connectivity index (χ3v) is 15.3. The van der Waals surface area contributed by atoms with Crippen LogP contribution in [0.25, 0.3) is 0 Å². The standard InChI is InChI=1S/C72H130O6/c1-4-7-10-13-15-17-19-21-23-25-27-29-31-33-35-36-37-39-40-42-44-46-48-50-52-54-56-59-62-65-71(74)77-68-69(67-76-70(73)64-61-58-12-9-6-3)78-72(75)66-63-60-57-55-53-51-49-47-45-43-41-38-34-32-30-28-26-24-22-20-18-16-14-11-8-5-2/h7,10,15,17,21,23,27,29,33,35,69H,4-6,8-9,11-14,16,18-20,22,24-26,28,30-32,34,36-68H2,1-3H3/b10-7-,17-15-,23-21-,29-27-,35-33-. The molecule has 78 heavy (non-hydrogen) atoms. The molecule has 0 aromatic rings. The van der Waals surface area contributed by atoms with E-state index >= 15 is 0 Å². The minimum atomic E-state index is -0.769. The zero-order chi connectivity index (χ0) is 56.4. The minimum absolute atomic E-state index is 0.0705. The summed E-state index contributed by atoms with van der Waals surface area (Å²) in [7, 11) is 0. The molecule has 0 aliphatic heterocycles. The van der Waals surface area contributed by atoms with Crippen LogP contribution in [-0.2, 0) is 28.6 Å². The molecule has 0 rings (SSSR count). The Kier molecular flexibility index (Phi) is 64.2. The molecule has 0 amide bonds. The van der Waals surface area contributed by atoms with Crippen molar-refractivity contribution in [1.82, 2.24) is 0 Å². The maximum Gasteiger partial charge on any atom is 0.306 e. The van der Waals surface area contributed by atoms with Gasteiger partial charge in [0.25, 0.3) is 0 Å². The SMILES string of the molecule is CC/C=C\C/C=C\C/C=C\C/C=C\C/C=C\CCCCCCCCCCCCCCCC(=O)OCC(COC(=O)CCCCCCC)OC(=O)CCCCCCCCCCCCCCCCCCCCCCCCCCCC. The van der Waals surface area contributed by atoms with Crippen LogP contribution in [0.4, 0.5) is 0 Å². The highest BCUT2D eigenvalue weighted by molar-refractivity contribution is 5.71. The second-order valence-corrected chi connectivity index (χ2v) is 23.1. The van der Waals surface area contributed by atoms with E-state index in [1.807, 2.05) is 0 Å². The Morgan fingerprint density at radius 1 is 0.269 bits per heavy atom. The van der Waals surface area contributed by atoms with Gasteiger partial charge < -0.3 is 14.2 Å². The van der Waals surface area contributed by atoms with Crippen molar-refractivity contribution in [1.29, 1.82) is 0 Å². The highest BCUT2D eigenvalue weighted by Crippen LogP contribution is 2.18. The molecule has 0 heterocycles. The minimum Gasteiger partial charge on any atom is -0.462 e. The second-order valence-electron chi connectivity index (χ2n) is 23.1. The number of esters is 3. The molecule has 0 N–H and O–H groups in total. The molecular formula is C72H130O6. The number of carbonyl (C=O) groups excluding carboxylic acids is 3. The van der Waals surface area contributed by atoms with Crippen LogP contribution in [0, 0.1) is 0 Å². The van der Waals surface area contributed by atoms with Gasteiger partial charge in [-0.1, -0.05) is 338 Å². The van der Waals surface area contributed by atoms with Gasteiger partial charge in [-0.15, -0.1) is 0 Å². The third kappa shape index (κ3) is 63.9. The topological polar surface area (TPSA) is 78.9 Å². The van der Waals surface area contributed by atoms with Gasteiger partial charge in [-0.2, -0.15) is 0 Å². The summed E-state index contributed by atoms with van der Waals surface area (Å²) in [5.41, 5.74) is 0. The fraction of sp³-hybridized carbons (Fsp3) is 0.819. The molecule has 0 saturated heterocycles. The second kappa shape index (κ2) is 66.6. The predicted octanol–water partition coefficient (Wildman–Crippen LogP) is 23.5. The van der Waals surface area contributed by atoms with Crippen molar-refractivity contribution in [2.45, 2.75) is 367 Å². The van der Waals surface area contributed by atoms with Gasteiger partial charge in [0.1, 0.15) is 13.2 Å². The number of allylic oxidation sites excluding steroid dienone is 10. The summed E-state index contributed by atoms with van der Waals surface area (Å²) in [6.07, 6.45) is 85.9. The Hall–Kier alpha value is -2.89. The first kappa shape index (κ1) is 75.1. The summed E-state index contributed by atoms with van der Waals surface area (Å²) in [4.78, 5) is 38.0. The Bertz CT molecular complexity index is 1390. The van der Waals surface area contributed by atoms with E-state index in [2.05, 4.69) is 81.5 Å². The average Bonchev–Trinajstić information content (AvgIpc) is 3.44. The number of hydrogen-bond acceptors (Lipinski definition) is 6. The fourth-order valence-electron chi connectivity index (χ4n) is 10.2. The van der Waals surface area contributed by atoms with E-state index in [-0.39, 0.29) is 31.1 Å². The van der Waals surface area contributed by atoms with E-state index in [1.165, 1.54) is 225 Å². The van der Waals surface area contributed by atoms with Gasteiger partial charge in [-0.05, 0) is 64.2 Å². The largest absolute Gasteiger partial charge is 0.462 e. The Morgan fingerprint density at radius 2 is 0.500 bits per heavy atom. The molecule has 0 aromatic carbocycles. The van der Waals surface area contributed by atoms with Crippen LogP contribution < -0.4 is 0 Å². The lowest BCUT2D eigenvalue weighted by atomic mass is 10.0. The van der Waals surface area contributed by atoms with Gasteiger partial charge in [-0.3, -0.25) is 14.4 Å². The third-order valence-electron chi connectivity index (χ3n) is 15.3. The van der Waals surface area contributed by atoms with E-state index in [4.69, 9.17) is 14.2 Å². The zero-order valence-corrected chi connectivity index (χ0v) is 52.2. The lowest BCUT2D eigenvalue weighted by Crippen LogP contribution is -2.30. The van der Waals surface area contributed by atoms with Gasteiger partial charge in [0.15, 0.2) is 6.10 Å². The van der Waals surface area contributed by atoms with Crippen molar-refractivity contribution in [2.75, 3.05) is 13.2 Å². The number of ether oxygens (including phenoxy) is 3. The molecule has 0 aliphatic carbocycles. The van der Waals surface area contributed by atoms with Crippen LogP contribution in [0.5, 0.6) is 0 Å². The van der Waals surface area contributed by atoms with Crippen molar-refractivity contribution < 1.29 is 28.6 Å². The summed E-state index contributed by atoms with van der Waals surface area (Å²) in [5.74, 6) is -0.864. The fourth-order valence-corrected chi connectivity index (χ4v) is 10.2. The van der Waals surface area contributed by atoms with Gasteiger partial charge in [0, 0.05) is 19.3 Å². The highest BCUT2D eigenvalue weighted by atomic mass is 16.6. The maximum atomic E-state index is 12.9. The predicted molar refractivity (Wildman–Crippen MR) is 339 cm³/mol. The number of hydrogen-bond donors (Lipinski definition) is 0. The molecular weight excluding hydrogens is 961 g/mol. The van der Waals surface area contributed by atoms with Gasteiger partial charge in [0.05, 0.1) is 0 Å². The molecule has 0 bridgehead atoms. The van der Waals surface area contributed by atoms with Crippen molar-refractivity contribution >= 4 is 17.9 Å². The molecule has 0 aliphatic rings. The van der Waals surface area contributed by atoms with E-state index in [9.17, 15) is 14.4 Å². The molecule has 0 radical (unpaired) electrons. The number of carbonyl (C=O) groups is 3. The van der Waals surface area contributed by atoms with Crippen molar-refractivity contribution in [3.8, 4) is 0 Å². The first-order chi connectivity index (χ1) is 38.5. The molecule has 454 valence electrons. The van der Waals surface area contributed by atoms with Crippen molar-refractivity contribution in [3.63, 3.8) is 0 Å². The zero-order valence-electron chi connectivity index (χ0n) is 52.2. The average molecular weight is 1090 g/mol. The first-order valence-electron chi connectivity index (χ1n) is 34.3. The Labute approximate surface area is 485 Å². The molecule has 0 fully saturated rings. The highest BCUT2D eigenvalue weighted by Gasteiger charge is 2.19. The molecule has 1 unspecified atom stereocenters. The molecule has 0 aromatic heterocycles. The molecule has 0 spiro atoms. The van der Waals surface area contributed by atoms with Crippen LogP contribution in [0.3, 0.4) is 0 Å². The number of unbranched alkanes of at least 4 members (excludes halogenated alkanes) is 42. The van der Waals surface area contributed by atoms with E-state index in [0.29, 0.717) is 19.3 Å². The lowest BCUT2D eigenvalue weighted by molar-refractivity contribution is -0.167. The van der Waals surface area contributed by atoms with Crippen LogP contribution in [0.1, 0.15) is 361 Å². The Morgan fingerprint density at radius 3 is 0.782 bits per heavy atom. The quantitative estimate of drug-likeness (QED) is 0.0261. The van der Waals surface area contributed by atoms with E-state index < -0.39 is 6.10 Å². The lowest BCUT2D eigenvalue weighted by Gasteiger charge is -2.18. The van der Waals surface area contributed by atoms with Crippen LogP contribution in [0.2, 0.25) is 0 Å². The molecule has 0 saturated carbocycles. The monoisotopic (exact) mass is 1090 g/mol. The van der Waals surface area contributed by atoms with Crippen LogP contribution in [0.15, 0.2) is 60.8 Å². The summed E-state index contributed by atoms with van der Waals surface area (Å²) in [6, 6.07) is 0. The van der Waals surface area contributed by atoms with Gasteiger partial charge in [-0.25, -0.2) is 0 Å². The summed E-state index contributed by atoms with van der Waals surface area (Å²) in [6.45, 7) is 6.50. The smallest absolute Gasteiger partial charge is 0.306 e. The van der Waals surface area contributed by atoms with Crippen LogP contribution >= 0.6 is 0 Å². The molecule has 6 nitrogen and oxygen atoms in total. The summed E-state index contributed by atoms with van der Waals surface area (Å²) >= 11 is 0. The Balaban J connectivity index is 3.96. The van der Waals surface area contributed by atoms with Gasteiger partial charge >= 0.3 is 17.9 Å².